The van der Waals surface area contributed by atoms with E-state index in [2.05, 4.69) is 12.2 Å². The summed E-state index contributed by atoms with van der Waals surface area (Å²) < 4.78 is 24.3. The number of rotatable bonds is 4. The SMILES string of the molecule is COc1cc([C@H](C)N[C@@H]2C[C@H]3CC[C@H]2O3)ccc1F. The molecule has 19 heavy (non-hydrogen) atoms. The predicted molar refractivity (Wildman–Crippen MR) is 70.8 cm³/mol. The zero-order valence-corrected chi connectivity index (χ0v) is 11.4. The smallest absolute Gasteiger partial charge is 0.165 e. The van der Waals surface area contributed by atoms with Crippen LogP contribution in [0.3, 0.4) is 0 Å². The van der Waals surface area contributed by atoms with Crippen LogP contribution < -0.4 is 10.1 Å². The van der Waals surface area contributed by atoms with Gasteiger partial charge in [0.1, 0.15) is 0 Å². The quantitative estimate of drug-likeness (QED) is 0.908. The van der Waals surface area contributed by atoms with Gasteiger partial charge >= 0.3 is 0 Å². The van der Waals surface area contributed by atoms with E-state index in [0.717, 1.165) is 18.4 Å². The van der Waals surface area contributed by atoms with E-state index in [1.165, 1.54) is 19.6 Å². The molecule has 0 radical (unpaired) electrons. The third kappa shape index (κ3) is 2.47. The third-order valence-electron chi connectivity index (χ3n) is 4.25. The summed E-state index contributed by atoms with van der Waals surface area (Å²) in [5.74, 6) is -0.0166. The fourth-order valence-corrected chi connectivity index (χ4v) is 3.18. The number of fused-ring (bicyclic) bond motifs is 2. The Hall–Kier alpha value is -1.13. The molecule has 3 nitrogen and oxygen atoms in total. The van der Waals surface area contributed by atoms with Crippen molar-refractivity contribution in [3.8, 4) is 5.75 Å². The second-order valence-electron chi connectivity index (χ2n) is 5.50. The number of methoxy groups -OCH3 is 1. The minimum atomic E-state index is -0.318. The summed E-state index contributed by atoms with van der Waals surface area (Å²) in [6.07, 6.45) is 4.24. The van der Waals surface area contributed by atoms with Gasteiger partial charge in [0.25, 0.3) is 0 Å². The highest BCUT2D eigenvalue weighted by Crippen LogP contribution is 2.35. The van der Waals surface area contributed by atoms with Crippen LogP contribution in [-0.2, 0) is 4.74 Å². The molecule has 2 fully saturated rings. The summed E-state index contributed by atoms with van der Waals surface area (Å²) >= 11 is 0. The van der Waals surface area contributed by atoms with Crippen molar-refractivity contribution in [1.29, 1.82) is 0 Å². The van der Waals surface area contributed by atoms with Crippen LogP contribution in [0.1, 0.15) is 37.8 Å². The van der Waals surface area contributed by atoms with E-state index in [-0.39, 0.29) is 11.9 Å². The first-order valence-corrected chi connectivity index (χ1v) is 6.92. The molecule has 0 unspecified atom stereocenters. The average Bonchev–Trinajstić information content (AvgIpc) is 3.01. The summed E-state index contributed by atoms with van der Waals surface area (Å²) in [6, 6.07) is 5.63. The Labute approximate surface area is 113 Å². The second kappa shape index (κ2) is 5.10. The van der Waals surface area contributed by atoms with Gasteiger partial charge in [-0.3, -0.25) is 0 Å². The Morgan fingerprint density at radius 3 is 2.89 bits per heavy atom. The van der Waals surface area contributed by atoms with Crippen molar-refractivity contribution in [2.45, 2.75) is 50.5 Å². The van der Waals surface area contributed by atoms with E-state index in [0.29, 0.717) is 24.0 Å². The molecule has 2 bridgehead atoms. The van der Waals surface area contributed by atoms with Crippen molar-refractivity contribution in [2.75, 3.05) is 7.11 Å². The molecule has 2 saturated heterocycles. The first kappa shape index (κ1) is 12.9. The first-order valence-electron chi connectivity index (χ1n) is 6.92. The molecule has 0 saturated carbocycles. The first-order chi connectivity index (χ1) is 9.17. The number of halogens is 1. The Kier molecular flexibility index (Phi) is 3.46. The molecule has 3 rings (SSSR count). The number of hydrogen-bond donors (Lipinski definition) is 1. The largest absolute Gasteiger partial charge is 0.494 e. The monoisotopic (exact) mass is 265 g/mol. The molecule has 0 aromatic heterocycles. The predicted octanol–water partition coefficient (Wildman–Crippen LogP) is 2.80. The molecule has 0 spiro atoms. The standard InChI is InChI=1S/C15H20FNO2/c1-9(10-3-5-12(16)15(7-10)18-2)17-13-8-11-4-6-14(13)19-11/h3,5,7,9,11,13-14,17H,4,6,8H2,1-2H3/t9-,11+,13+,14+/m0/s1. The zero-order chi connectivity index (χ0) is 13.4. The maximum absolute atomic E-state index is 13.4. The van der Waals surface area contributed by atoms with Crippen molar-refractivity contribution in [3.63, 3.8) is 0 Å². The Bertz CT molecular complexity index is 465. The normalized spacial score (nSPS) is 30.6. The van der Waals surface area contributed by atoms with Gasteiger partial charge < -0.3 is 14.8 Å². The summed E-state index contributed by atoms with van der Waals surface area (Å²) in [6.45, 7) is 2.10. The molecule has 1 N–H and O–H groups in total. The molecule has 4 heteroatoms. The van der Waals surface area contributed by atoms with Crippen LogP contribution in [0.4, 0.5) is 4.39 Å². The van der Waals surface area contributed by atoms with Gasteiger partial charge in [-0.25, -0.2) is 4.39 Å². The summed E-state index contributed by atoms with van der Waals surface area (Å²) in [5, 5.41) is 3.59. The highest BCUT2D eigenvalue weighted by molar-refractivity contribution is 5.32. The van der Waals surface area contributed by atoms with Crippen LogP contribution in [0.2, 0.25) is 0 Å². The molecular weight excluding hydrogens is 245 g/mol. The summed E-state index contributed by atoms with van der Waals surface area (Å²) in [4.78, 5) is 0. The molecule has 2 aliphatic heterocycles. The molecule has 4 atom stereocenters. The Morgan fingerprint density at radius 2 is 2.26 bits per heavy atom. The van der Waals surface area contributed by atoms with Gasteiger partial charge in [0.15, 0.2) is 11.6 Å². The van der Waals surface area contributed by atoms with Crippen LogP contribution in [0.5, 0.6) is 5.75 Å². The van der Waals surface area contributed by atoms with E-state index in [9.17, 15) is 4.39 Å². The van der Waals surface area contributed by atoms with Crippen molar-refractivity contribution >= 4 is 0 Å². The number of ether oxygens (including phenoxy) is 2. The van der Waals surface area contributed by atoms with Crippen LogP contribution >= 0.6 is 0 Å². The van der Waals surface area contributed by atoms with E-state index in [4.69, 9.17) is 9.47 Å². The Morgan fingerprint density at radius 1 is 1.42 bits per heavy atom. The Balaban J connectivity index is 1.68. The lowest BCUT2D eigenvalue weighted by molar-refractivity contribution is 0.0962. The van der Waals surface area contributed by atoms with Crippen molar-refractivity contribution in [1.82, 2.24) is 5.32 Å². The van der Waals surface area contributed by atoms with E-state index >= 15 is 0 Å². The molecular formula is C15H20FNO2. The van der Waals surface area contributed by atoms with Gasteiger partial charge in [0.05, 0.1) is 19.3 Å². The van der Waals surface area contributed by atoms with Crippen molar-refractivity contribution < 1.29 is 13.9 Å². The van der Waals surface area contributed by atoms with E-state index in [1.54, 1.807) is 6.07 Å². The maximum atomic E-state index is 13.4. The highest BCUT2D eigenvalue weighted by atomic mass is 19.1. The van der Waals surface area contributed by atoms with Crippen molar-refractivity contribution in [3.05, 3.63) is 29.6 Å². The van der Waals surface area contributed by atoms with E-state index < -0.39 is 0 Å². The maximum Gasteiger partial charge on any atom is 0.165 e. The summed E-state index contributed by atoms with van der Waals surface area (Å²) in [5.41, 5.74) is 1.04. The fourth-order valence-electron chi connectivity index (χ4n) is 3.18. The number of hydrogen-bond acceptors (Lipinski definition) is 3. The minimum absolute atomic E-state index is 0.169. The lowest BCUT2D eigenvalue weighted by atomic mass is 9.94. The fraction of sp³-hybridized carbons (Fsp3) is 0.600. The zero-order valence-electron chi connectivity index (χ0n) is 11.4. The molecule has 1 aromatic rings. The van der Waals surface area contributed by atoms with Gasteiger partial charge in [-0.05, 0) is 43.9 Å². The average molecular weight is 265 g/mol. The van der Waals surface area contributed by atoms with Crippen LogP contribution in [0.25, 0.3) is 0 Å². The van der Waals surface area contributed by atoms with Gasteiger partial charge in [-0.2, -0.15) is 0 Å². The van der Waals surface area contributed by atoms with Gasteiger partial charge in [-0.15, -0.1) is 0 Å². The second-order valence-corrected chi connectivity index (χ2v) is 5.50. The topological polar surface area (TPSA) is 30.5 Å². The molecule has 1 aromatic carbocycles. The summed E-state index contributed by atoms with van der Waals surface area (Å²) in [7, 11) is 1.49. The molecule has 2 heterocycles. The lowest BCUT2D eigenvalue weighted by Gasteiger charge is -2.25. The van der Waals surface area contributed by atoms with Crippen LogP contribution in [0, 0.1) is 5.82 Å². The van der Waals surface area contributed by atoms with Gasteiger partial charge in [0, 0.05) is 12.1 Å². The molecule has 104 valence electrons. The van der Waals surface area contributed by atoms with Crippen LogP contribution in [0.15, 0.2) is 18.2 Å². The van der Waals surface area contributed by atoms with Gasteiger partial charge in [0.2, 0.25) is 0 Å². The lowest BCUT2D eigenvalue weighted by Crippen LogP contribution is -2.38. The minimum Gasteiger partial charge on any atom is -0.494 e. The number of benzene rings is 1. The van der Waals surface area contributed by atoms with Gasteiger partial charge in [-0.1, -0.05) is 6.07 Å². The third-order valence-corrected chi connectivity index (χ3v) is 4.25. The molecule has 2 aliphatic rings. The highest BCUT2D eigenvalue weighted by Gasteiger charge is 2.41. The van der Waals surface area contributed by atoms with Crippen molar-refractivity contribution in [2.24, 2.45) is 0 Å². The molecule has 0 amide bonds. The van der Waals surface area contributed by atoms with Crippen LogP contribution in [-0.4, -0.2) is 25.4 Å². The van der Waals surface area contributed by atoms with E-state index in [1.807, 2.05) is 6.07 Å². The molecule has 0 aliphatic carbocycles. The number of nitrogens with one attached hydrogen (secondary N) is 1.